The fraction of sp³-hybridized carbons (Fsp3) is 0.533. The summed E-state index contributed by atoms with van der Waals surface area (Å²) in [5.74, 6) is 0.850. The van der Waals surface area contributed by atoms with Crippen LogP contribution in [0.15, 0.2) is 30.3 Å². The molecule has 0 spiro atoms. The van der Waals surface area contributed by atoms with Gasteiger partial charge in [0.05, 0.1) is 0 Å². The van der Waals surface area contributed by atoms with E-state index in [1.807, 2.05) is 36.9 Å². The van der Waals surface area contributed by atoms with E-state index in [1.165, 1.54) is 5.56 Å². The molecule has 1 fully saturated rings. The molecule has 0 aliphatic heterocycles. The molecule has 0 bridgehead atoms. The van der Waals surface area contributed by atoms with Crippen molar-refractivity contribution in [3.8, 4) is 0 Å². The Morgan fingerprint density at radius 1 is 1.39 bits per heavy atom. The maximum atomic E-state index is 12.4. The number of hydrogen-bond donors (Lipinski definition) is 1. The summed E-state index contributed by atoms with van der Waals surface area (Å²) < 4.78 is 0. The van der Waals surface area contributed by atoms with Crippen LogP contribution in [0, 0.1) is 5.92 Å². The highest BCUT2D eigenvalue weighted by atomic mass is 16.2. The molecule has 1 amide bonds. The van der Waals surface area contributed by atoms with Gasteiger partial charge in [-0.15, -0.1) is 0 Å². The zero-order valence-electron chi connectivity index (χ0n) is 11.2. The average molecular weight is 246 g/mol. The molecule has 0 heterocycles. The van der Waals surface area contributed by atoms with Crippen molar-refractivity contribution < 1.29 is 4.79 Å². The molecule has 2 rings (SSSR count). The largest absolute Gasteiger partial charge is 0.339 e. The number of nitrogens with zero attached hydrogens (tertiary/aromatic N) is 1. The van der Waals surface area contributed by atoms with E-state index < -0.39 is 0 Å². The highest BCUT2D eigenvalue weighted by Crippen LogP contribution is 2.48. The Morgan fingerprint density at radius 2 is 2.06 bits per heavy atom. The van der Waals surface area contributed by atoms with Gasteiger partial charge in [-0.25, -0.2) is 0 Å². The fourth-order valence-electron chi connectivity index (χ4n) is 2.51. The molecule has 3 heteroatoms. The molecule has 1 aliphatic rings. The van der Waals surface area contributed by atoms with Crippen LogP contribution in [-0.4, -0.2) is 29.9 Å². The van der Waals surface area contributed by atoms with Crippen LogP contribution in [0.5, 0.6) is 0 Å². The Bertz CT molecular complexity index is 402. The molecule has 98 valence electrons. The Morgan fingerprint density at radius 3 is 2.61 bits per heavy atom. The molecule has 1 saturated carbocycles. The first kappa shape index (κ1) is 13.1. The Hall–Kier alpha value is -1.35. The molecule has 18 heavy (non-hydrogen) atoms. The third kappa shape index (κ3) is 2.72. The standard InChI is InChI=1S/C15H22N2O/c1-11(2)17(9-8-16)15(18)14-10-13(14)12-6-4-3-5-7-12/h3-7,11,13-14H,8-10,16H2,1-2H3. The average Bonchev–Trinajstić information content (AvgIpc) is 3.16. The molecule has 2 atom stereocenters. The van der Waals surface area contributed by atoms with Gasteiger partial charge in [0.25, 0.3) is 0 Å². The second-order valence-electron chi connectivity index (χ2n) is 5.27. The van der Waals surface area contributed by atoms with E-state index in [-0.39, 0.29) is 17.9 Å². The molecule has 2 unspecified atom stereocenters. The van der Waals surface area contributed by atoms with Gasteiger partial charge in [-0.3, -0.25) is 4.79 Å². The number of rotatable bonds is 5. The zero-order valence-corrected chi connectivity index (χ0v) is 11.2. The van der Waals surface area contributed by atoms with Gasteiger partial charge in [-0.1, -0.05) is 30.3 Å². The lowest BCUT2D eigenvalue weighted by atomic mass is 10.1. The number of amides is 1. The van der Waals surface area contributed by atoms with Crippen LogP contribution in [0.4, 0.5) is 0 Å². The number of nitrogens with two attached hydrogens (primary N) is 1. The predicted octanol–water partition coefficient (Wildman–Crippen LogP) is 1.99. The molecule has 2 N–H and O–H groups in total. The van der Waals surface area contributed by atoms with E-state index in [2.05, 4.69) is 12.1 Å². The van der Waals surface area contributed by atoms with E-state index in [0.717, 1.165) is 6.42 Å². The first-order chi connectivity index (χ1) is 8.65. The zero-order chi connectivity index (χ0) is 13.1. The topological polar surface area (TPSA) is 46.3 Å². The smallest absolute Gasteiger partial charge is 0.226 e. The van der Waals surface area contributed by atoms with E-state index in [1.54, 1.807) is 0 Å². The van der Waals surface area contributed by atoms with Gasteiger partial charge in [0.2, 0.25) is 5.91 Å². The molecule has 1 aliphatic carbocycles. The Labute approximate surface area is 109 Å². The lowest BCUT2D eigenvalue weighted by Crippen LogP contribution is -2.41. The summed E-state index contributed by atoms with van der Waals surface area (Å²) in [7, 11) is 0. The van der Waals surface area contributed by atoms with Crippen LogP contribution in [0.2, 0.25) is 0 Å². The van der Waals surface area contributed by atoms with Crippen molar-refractivity contribution in [3.63, 3.8) is 0 Å². The van der Waals surface area contributed by atoms with Gasteiger partial charge >= 0.3 is 0 Å². The minimum atomic E-state index is 0.168. The van der Waals surface area contributed by atoms with E-state index >= 15 is 0 Å². The van der Waals surface area contributed by atoms with Gasteiger partial charge in [-0.05, 0) is 31.7 Å². The lowest BCUT2D eigenvalue weighted by Gasteiger charge is -2.26. The van der Waals surface area contributed by atoms with Crippen LogP contribution in [0.25, 0.3) is 0 Å². The third-order valence-corrected chi connectivity index (χ3v) is 3.61. The monoisotopic (exact) mass is 246 g/mol. The number of carbonyl (C=O) groups excluding carboxylic acids is 1. The van der Waals surface area contributed by atoms with Gasteiger partial charge < -0.3 is 10.6 Å². The van der Waals surface area contributed by atoms with Gasteiger partial charge in [0, 0.05) is 25.0 Å². The minimum absolute atomic E-state index is 0.168. The van der Waals surface area contributed by atoms with Crippen LogP contribution in [-0.2, 0) is 4.79 Å². The summed E-state index contributed by atoms with van der Waals surface area (Å²) in [4.78, 5) is 14.3. The molecule has 0 aromatic heterocycles. The van der Waals surface area contributed by atoms with E-state index in [0.29, 0.717) is 19.0 Å². The lowest BCUT2D eigenvalue weighted by molar-refractivity contribution is -0.134. The highest BCUT2D eigenvalue weighted by molar-refractivity contribution is 5.83. The summed E-state index contributed by atoms with van der Waals surface area (Å²) in [6, 6.07) is 10.5. The van der Waals surface area contributed by atoms with Crippen molar-refractivity contribution in [2.24, 2.45) is 11.7 Å². The van der Waals surface area contributed by atoms with Crippen LogP contribution < -0.4 is 5.73 Å². The molecular weight excluding hydrogens is 224 g/mol. The summed E-state index contributed by atoms with van der Waals surface area (Å²) in [5, 5.41) is 0. The molecule has 0 radical (unpaired) electrons. The van der Waals surface area contributed by atoms with Gasteiger partial charge in [0.1, 0.15) is 0 Å². The molecule has 3 nitrogen and oxygen atoms in total. The number of benzene rings is 1. The van der Waals surface area contributed by atoms with Crippen molar-refractivity contribution >= 4 is 5.91 Å². The van der Waals surface area contributed by atoms with Gasteiger partial charge in [-0.2, -0.15) is 0 Å². The molecule has 1 aromatic rings. The normalized spacial score (nSPS) is 22.0. The quantitative estimate of drug-likeness (QED) is 0.863. The van der Waals surface area contributed by atoms with Crippen molar-refractivity contribution in [1.82, 2.24) is 4.90 Å². The fourth-order valence-corrected chi connectivity index (χ4v) is 2.51. The Balaban J connectivity index is 2.00. The second kappa shape index (κ2) is 5.53. The number of hydrogen-bond acceptors (Lipinski definition) is 2. The first-order valence-corrected chi connectivity index (χ1v) is 6.70. The molecular formula is C15H22N2O. The third-order valence-electron chi connectivity index (χ3n) is 3.61. The van der Waals surface area contributed by atoms with Crippen LogP contribution in [0.3, 0.4) is 0 Å². The summed E-state index contributed by atoms with van der Waals surface area (Å²) in [6.45, 7) is 5.29. The van der Waals surface area contributed by atoms with Crippen molar-refractivity contribution in [1.29, 1.82) is 0 Å². The van der Waals surface area contributed by atoms with Crippen molar-refractivity contribution in [2.75, 3.05) is 13.1 Å². The maximum Gasteiger partial charge on any atom is 0.226 e. The van der Waals surface area contributed by atoms with Crippen LogP contribution in [0.1, 0.15) is 31.7 Å². The summed E-state index contributed by atoms with van der Waals surface area (Å²) >= 11 is 0. The van der Waals surface area contributed by atoms with Crippen LogP contribution >= 0.6 is 0 Å². The molecule has 1 aromatic carbocycles. The van der Waals surface area contributed by atoms with E-state index in [9.17, 15) is 4.79 Å². The second-order valence-corrected chi connectivity index (χ2v) is 5.27. The maximum absolute atomic E-state index is 12.4. The first-order valence-electron chi connectivity index (χ1n) is 6.70. The highest BCUT2D eigenvalue weighted by Gasteiger charge is 2.45. The SMILES string of the molecule is CC(C)N(CCN)C(=O)C1CC1c1ccccc1. The van der Waals surface area contributed by atoms with Crippen molar-refractivity contribution in [2.45, 2.75) is 32.2 Å². The van der Waals surface area contributed by atoms with Crippen molar-refractivity contribution in [3.05, 3.63) is 35.9 Å². The summed E-state index contributed by atoms with van der Waals surface area (Å²) in [6.07, 6.45) is 0.983. The van der Waals surface area contributed by atoms with Gasteiger partial charge in [0.15, 0.2) is 0 Å². The minimum Gasteiger partial charge on any atom is -0.339 e. The predicted molar refractivity (Wildman–Crippen MR) is 73.2 cm³/mol. The Kier molecular flexibility index (Phi) is 4.02. The molecule has 0 saturated heterocycles. The van der Waals surface area contributed by atoms with E-state index in [4.69, 9.17) is 5.73 Å². The number of carbonyl (C=O) groups is 1. The summed E-state index contributed by atoms with van der Waals surface area (Å²) in [5.41, 5.74) is 6.86.